The van der Waals surface area contributed by atoms with Gasteiger partial charge in [-0.2, -0.15) is 0 Å². The third-order valence-electron chi connectivity index (χ3n) is 2.69. The lowest BCUT2D eigenvalue weighted by Crippen LogP contribution is -2.41. The highest BCUT2D eigenvalue weighted by Crippen LogP contribution is 2.17. The van der Waals surface area contributed by atoms with Gasteiger partial charge in [0.15, 0.2) is 0 Å². The average Bonchev–Trinajstić information content (AvgIpc) is 2.16. The van der Waals surface area contributed by atoms with Gasteiger partial charge in [0.25, 0.3) is 0 Å². The zero-order valence-corrected chi connectivity index (χ0v) is 9.03. The van der Waals surface area contributed by atoms with Crippen molar-refractivity contribution in [1.82, 2.24) is 9.80 Å². The molecule has 0 spiro atoms. The van der Waals surface area contributed by atoms with Crippen LogP contribution in [-0.4, -0.2) is 47.7 Å². The molecule has 0 fully saturated rings. The van der Waals surface area contributed by atoms with E-state index in [-0.39, 0.29) is 6.17 Å². The van der Waals surface area contributed by atoms with Crippen LogP contribution < -0.4 is 0 Å². The number of hydrogen-bond acceptors (Lipinski definition) is 3. The third kappa shape index (κ3) is 2.48. The van der Waals surface area contributed by atoms with Crippen LogP contribution in [0.3, 0.4) is 0 Å². The summed E-state index contributed by atoms with van der Waals surface area (Å²) in [5, 5.41) is 8.87. The number of nitrogens with zero attached hydrogens (tertiary/aromatic N) is 2. The van der Waals surface area contributed by atoms with Crippen LogP contribution in [0.25, 0.3) is 0 Å². The first-order valence-corrected chi connectivity index (χ1v) is 4.88. The molecule has 1 unspecified atom stereocenters. The topological polar surface area (TPSA) is 43.8 Å². The highest BCUT2D eigenvalue weighted by Gasteiger charge is 2.19. The van der Waals surface area contributed by atoms with E-state index in [1.807, 2.05) is 14.1 Å². The summed E-state index contributed by atoms with van der Waals surface area (Å²) in [5.41, 5.74) is 0.518. The Balaban J connectivity index is 2.71. The summed E-state index contributed by atoms with van der Waals surface area (Å²) >= 11 is 0. The Bertz CT molecular complexity index is 249. The molecule has 0 saturated carbocycles. The van der Waals surface area contributed by atoms with Gasteiger partial charge in [-0.05, 0) is 33.9 Å². The maximum absolute atomic E-state index is 10.8. The molecule has 1 N–H and O–H groups in total. The summed E-state index contributed by atoms with van der Waals surface area (Å²) in [4.78, 5) is 14.9. The van der Waals surface area contributed by atoms with Crippen LogP contribution in [0.1, 0.15) is 19.8 Å². The first-order chi connectivity index (χ1) is 6.52. The Hall–Kier alpha value is -1.03. The summed E-state index contributed by atoms with van der Waals surface area (Å²) in [6, 6.07) is 0. The van der Waals surface area contributed by atoms with Crippen LogP contribution in [0.15, 0.2) is 11.8 Å². The zero-order chi connectivity index (χ0) is 10.7. The quantitative estimate of drug-likeness (QED) is 0.733. The van der Waals surface area contributed by atoms with E-state index < -0.39 is 5.97 Å². The standard InChI is InChI=1S/C10H18N2O2/c1-8(11(2)3)12-6-4-5-9(7-12)10(13)14/h7-8H,4-6H2,1-3H3,(H,13,14). The summed E-state index contributed by atoms with van der Waals surface area (Å²) < 4.78 is 0. The Labute approximate surface area is 84.8 Å². The fraction of sp³-hybridized carbons (Fsp3) is 0.700. The van der Waals surface area contributed by atoms with Crippen LogP contribution in [0, 0.1) is 0 Å². The van der Waals surface area contributed by atoms with E-state index in [9.17, 15) is 4.79 Å². The molecule has 1 aliphatic rings. The van der Waals surface area contributed by atoms with Crippen molar-refractivity contribution in [2.24, 2.45) is 0 Å². The van der Waals surface area contributed by atoms with Crippen molar-refractivity contribution in [1.29, 1.82) is 0 Å². The Morgan fingerprint density at radius 3 is 2.79 bits per heavy atom. The van der Waals surface area contributed by atoms with E-state index in [4.69, 9.17) is 5.11 Å². The van der Waals surface area contributed by atoms with E-state index in [1.165, 1.54) is 0 Å². The second kappa shape index (κ2) is 4.46. The average molecular weight is 198 g/mol. The predicted molar refractivity (Wildman–Crippen MR) is 54.8 cm³/mol. The smallest absolute Gasteiger partial charge is 0.333 e. The molecule has 0 radical (unpaired) electrons. The van der Waals surface area contributed by atoms with Crippen molar-refractivity contribution in [2.45, 2.75) is 25.9 Å². The molecule has 0 aromatic rings. The molecule has 1 aliphatic heterocycles. The molecule has 14 heavy (non-hydrogen) atoms. The highest BCUT2D eigenvalue weighted by molar-refractivity contribution is 5.86. The van der Waals surface area contributed by atoms with Gasteiger partial charge in [-0.1, -0.05) is 0 Å². The van der Waals surface area contributed by atoms with Gasteiger partial charge in [-0.3, -0.25) is 4.90 Å². The van der Waals surface area contributed by atoms with Gasteiger partial charge in [-0.25, -0.2) is 4.79 Å². The lowest BCUT2D eigenvalue weighted by Gasteiger charge is -2.35. The van der Waals surface area contributed by atoms with Gasteiger partial charge in [0.1, 0.15) is 0 Å². The van der Waals surface area contributed by atoms with E-state index in [2.05, 4.69) is 16.7 Å². The van der Waals surface area contributed by atoms with Crippen molar-refractivity contribution < 1.29 is 9.90 Å². The maximum Gasteiger partial charge on any atom is 0.333 e. The van der Waals surface area contributed by atoms with Crippen molar-refractivity contribution in [3.8, 4) is 0 Å². The predicted octanol–water partition coefficient (Wildman–Crippen LogP) is 0.958. The summed E-state index contributed by atoms with van der Waals surface area (Å²) in [5.74, 6) is -0.791. The van der Waals surface area contributed by atoms with Crippen LogP contribution in [0.5, 0.6) is 0 Å². The second-order valence-corrected chi connectivity index (χ2v) is 3.90. The van der Waals surface area contributed by atoms with Crippen molar-refractivity contribution in [2.75, 3.05) is 20.6 Å². The Morgan fingerprint density at radius 1 is 1.64 bits per heavy atom. The van der Waals surface area contributed by atoms with Gasteiger partial charge in [0, 0.05) is 12.7 Å². The van der Waals surface area contributed by atoms with Gasteiger partial charge < -0.3 is 10.0 Å². The molecular formula is C10H18N2O2. The second-order valence-electron chi connectivity index (χ2n) is 3.90. The maximum atomic E-state index is 10.8. The van der Waals surface area contributed by atoms with E-state index in [1.54, 1.807) is 6.20 Å². The molecule has 1 rings (SSSR count). The van der Waals surface area contributed by atoms with Gasteiger partial charge in [0.2, 0.25) is 0 Å². The third-order valence-corrected chi connectivity index (χ3v) is 2.69. The van der Waals surface area contributed by atoms with Gasteiger partial charge >= 0.3 is 5.97 Å². The molecule has 0 bridgehead atoms. The SMILES string of the molecule is CC(N(C)C)N1C=C(C(=O)O)CCC1. The molecule has 1 heterocycles. The van der Waals surface area contributed by atoms with Crippen molar-refractivity contribution in [3.63, 3.8) is 0 Å². The number of carboxylic acids is 1. The lowest BCUT2D eigenvalue weighted by molar-refractivity contribution is -0.133. The molecular weight excluding hydrogens is 180 g/mol. The van der Waals surface area contributed by atoms with Crippen molar-refractivity contribution in [3.05, 3.63) is 11.8 Å². The minimum Gasteiger partial charge on any atom is -0.478 e. The molecule has 80 valence electrons. The zero-order valence-electron chi connectivity index (χ0n) is 9.03. The number of aliphatic carboxylic acids is 1. The minimum atomic E-state index is -0.791. The van der Waals surface area contributed by atoms with Crippen LogP contribution in [0.2, 0.25) is 0 Å². The fourth-order valence-corrected chi connectivity index (χ4v) is 1.53. The molecule has 4 nitrogen and oxygen atoms in total. The Kier molecular flexibility index (Phi) is 3.52. The van der Waals surface area contributed by atoms with Crippen LogP contribution in [-0.2, 0) is 4.79 Å². The highest BCUT2D eigenvalue weighted by atomic mass is 16.4. The summed E-state index contributed by atoms with van der Waals surface area (Å²) in [6.45, 7) is 3.01. The number of rotatable bonds is 3. The lowest BCUT2D eigenvalue weighted by atomic mass is 10.1. The number of carbonyl (C=O) groups is 1. The van der Waals surface area contributed by atoms with E-state index in [0.717, 1.165) is 13.0 Å². The molecule has 4 heteroatoms. The molecule has 1 atom stereocenters. The minimum absolute atomic E-state index is 0.254. The molecule has 0 amide bonds. The van der Waals surface area contributed by atoms with E-state index in [0.29, 0.717) is 12.0 Å². The first-order valence-electron chi connectivity index (χ1n) is 4.88. The fourth-order valence-electron chi connectivity index (χ4n) is 1.53. The monoisotopic (exact) mass is 198 g/mol. The molecule has 0 aromatic carbocycles. The normalized spacial score (nSPS) is 19.4. The van der Waals surface area contributed by atoms with Gasteiger partial charge in [0.05, 0.1) is 11.7 Å². The van der Waals surface area contributed by atoms with Crippen LogP contribution >= 0.6 is 0 Å². The van der Waals surface area contributed by atoms with E-state index >= 15 is 0 Å². The summed E-state index contributed by atoms with van der Waals surface area (Å²) in [7, 11) is 3.99. The largest absolute Gasteiger partial charge is 0.478 e. The molecule has 0 aromatic heterocycles. The summed E-state index contributed by atoms with van der Waals surface area (Å²) in [6.07, 6.45) is 3.64. The number of hydrogen-bond donors (Lipinski definition) is 1. The van der Waals surface area contributed by atoms with Crippen LogP contribution in [0.4, 0.5) is 0 Å². The number of carboxylic acid groups (broad SMARTS) is 1. The Morgan fingerprint density at radius 2 is 2.29 bits per heavy atom. The van der Waals surface area contributed by atoms with Crippen molar-refractivity contribution >= 4 is 5.97 Å². The molecule has 0 aliphatic carbocycles. The molecule has 0 saturated heterocycles. The van der Waals surface area contributed by atoms with Gasteiger partial charge in [-0.15, -0.1) is 0 Å². The first kappa shape index (κ1) is 11.0.